The molecule has 2 fully saturated rings. The van der Waals surface area contributed by atoms with Gasteiger partial charge in [-0.25, -0.2) is 13.1 Å². The van der Waals surface area contributed by atoms with Gasteiger partial charge < -0.3 is 5.11 Å². The van der Waals surface area contributed by atoms with Gasteiger partial charge in [0.05, 0.1) is 42.9 Å². The highest BCUT2D eigenvalue weighted by atomic mass is 32.2. The molecule has 0 spiro atoms. The zero-order chi connectivity index (χ0) is 23.6. The van der Waals surface area contributed by atoms with Crippen LogP contribution in [-0.2, 0) is 29.3 Å². The van der Waals surface area contributed by atoms with Crippen LogP contribution in [0.1, 0.15) is 16.8 Å². The third-order valence-electron chi connectivity index (χ3n) is 6.13. The summed E-state index contributed by atoms with van der Waals surface area (Å²) in [6.45, 7) is 4.02. The van der Waals surface area contributed by atoms with Crippen LogP contribution < -0.4 is 0 Å². The van der Waals surface area contributed by atoms with Crippen LogP contribution >= 0.6 is 0 Å². The number of nitrogens with zero attached hydrogens (tertiary/aromatic N) is 6. The van der Waals surface area contributed by atoms with Gasteiger partial charge >= 0.3 is 6.18 Å². The zero-order valence-electron chi connectivity index (χ0n) is 18.0. The predicted octanol–water partition coefficient (Wildman–Crippen LogP) is 0.469. The molecule has 13 heteroatoms. The highest BCUT2D eigenvalue weighted by Gasteiger charge is 2.40. The van der Waals surface area contributed by atoms with Gasteiger partial charge in [-0.05, 0) is 11.6 Å². The molecule has 0 aliphatic carbocycles. The molecule has 2 aromatic rings. The molecule has 9 nitrogen and oxygen atoms in total. The Kier molecular flexibility index (Phi) is 7.05. The lowest BCUT2D eigenvalue weighted by Gasteiger charge is -2.37. The van der Waals surface area contributed by atoms with Gasteiger partial charge in [-0.15, -0.1) is 5.10 Å². The van der Waals surface area contributed by atoms with E-state index in [1.807, 2.05) is 0 Å². The van der Waals surface area contributed by atoms with Crippen LogP contribution in [0.3, 0.4) is 0 Å². The number of aliphatic hydroxyl groups is 1. The minimum absolute atomic E-state index is 0.0279. The number of benzene rings is 1. The van der Waals surface area contributed by atoms with Crippen molar-refractivity contribution >= 4 is 10.0 Å². The summed E-state index contributed by atoms with van der Waals surface area (Å²) in [5.41, 5.74) is -0.279. The van der Waals surface area contributed by atoms with Gasteiger partial charge in [-0.1, -0.05) is 23.4 Å². The molecular weight excluding hydrogens is 461 g/mol. The number of aliphatic hydroxyl groups excluding tert-OH is 1. The minimum atomic E-state index is -4.47. The van der Waals surface area contributed by atoms with E-state index < -0.39 is 21.8 Å². The van der Waals surface area contributed by atoms with E-state index in [9.17, 15) is 21.6 Å². The third-order valence-corrected chi connectivity index (χ3v) is 8.00. The third kappa shape index (κ3) is 5.72. The first kappa shape index (κ1) is 24.1. The smallest absolute Gasteiger partial charge is 0.395 e. The van der Waals surface area contributed by atoms with Crippen LogP contribution in [0.4, 0.5) is 13.2 Å². The largest absolute Gasteiger partial charge is 0.416 e. The van der Waals surface area contributed by atoms with Crippen molar-refractivity contribution in [2.75, 3.05) is 51.6 Å². The number of alkyl halides is 3. The average Bonchev–Trinajstić information content (AvgIpc) is 3.32. The number of rotatable bonds is 7. The standard InChI is InChI=1S/C20H27F3N6O3S/c21-20(22,23)19-4-2-1-3-16(19)11-28-12-17(24-25-28)13-29-14-18(15-33(29,31)32)27-7-5-26(6-8-27)9-10-30/h1-4,12,18,30H,5-11,13-15H2. The molecular formula is C20H27F3N6O3S. The highest BCUT2D eigenvalue weighted by Crippen LogP contribution is 2.32. The molecule has 0 radical (unpaired) electrons. The van der Waals surface area contributed by atoms with Crippen LogP contribution in [0.15, 0.2) is 30.5 Å². The van der Waals surface area contributed by atoms with Crippen molar-refractivity contribution < 1.29 is 26.7 Å². The lowest BCUT2D eigenvalue weighted by molar-refractivity contribution is -0.138. The lowest BCUT2D eigenvalue weighted by Crippen LogP contribution is -2.52. The van der Waals surface area contributed by atoms with E-state index in [1.165, 1.54) is 33.4 Å². The SMILES string of the molecule is O=S1(=O)CC(N2CCN(CCO)CC2)CN1Cc1cn(Cc2ccccc2C(F)(F)F)nn1. The van der Waals surface area contributed by atoms with Crippen LogP contribution in [0.2, 0.25) is 0 Å². The van der Waals surface area contributed by atoms with Crippen molar-refractivity contribution in [1.29, 1.82) is 0 Å². The van der Waals surface area contributed by atoms with E-state index in [0.717, 1.165) is 32.2 Å². The Morgan fingerprint density at radius 3 is 2.52 bits per heavy atom. The average molecular weight is 489 g/mol. The van der Waals surface area contributed by atoms with Crippen LogP contribution in [0.5, 0.6) is 0 Å². The van der Waals surface area contributed by atoms with E-state index in [0.29, 0.717) is 18.8 Å². The fraction of sp³-hybridized carbons (Fsp3) is 0.600. The molecule has 0 bridgehead atoms. The van der Waals surface area contributed by atoms with Crippen LogP contribution in [-0.4, -0.2) is 100 Å². The Labute approximate surface area is 190 Å². The first-order valence-electron chi connectivity index (χ1n) is 10.7. The minimum Gasteiger partial charge on any atom is -0.395 e. The van der Waals surface area contributed by atoms with Gasteiger partial charge in [0, 0.05) is 45.3 Å². The van der Waals surface area contributed by atoms with Crippen molar-refractivity contribution in [3.05, 3.63) is 47.3 Å². The van der Waals surface area contributed by atoms with Gasteiger partial charge in [-0.3, -0.25) is 9.80 Å². The Morgan fingerprint density at radius 2 is 1.82 bits per heavy atom. The van der Waals surface area contributed by atoms with Crippen LogP contribution in [0, 0.1) is 0 Å². The van der Waals surface area contributed by atoms with E-state index in [4.69, 9.17) is 5.11 Å². The molecule has 0 saturated carbocycles. The monoisotopic (exact) mass is 488 g/mol. The molecule has 1 N–H and O–H groups in total. The first-order valence-corrected chi connectivity index (χ1v) is 12.4. The second-order valence-corrected chi connectivity index (χ2v) is 10.4. The van der Waals surface area contributed by atoms with Gasteiger partial charge in [0.2, 0.25) is 10.0 Å². The summed E-state index contributed by atoms with van der Waals surface area (Å²) in [6.07, 6.45) is -2.98. The van der Waals surface area contributed by atoms with Gasteiger partial charge in [0.25, 0.3) is 0 Å². The summed E-state index contributed by atoms with van der Waals surface area (Å²) >= 11 is 0. The number of hydrogen-bond donors (Lipinski definition) is 1. The molecule has 2 aliphatic rings. The summed E-state index contributed by atoms with van der Waals surface area (Å²) in [4.78, 5) is 4.31. The Hall–Kier alpha value is -2.06. The highest BCUT2D eigenvalue weighted by molar-refractivity contribution is 7.89. The molecule has 1 aromatic carbocycles. The zero-order valence-corrected chi connectivity index (χ0v) is 18.8. The molecule has 1 aromatic heterocycles. The predicted molar refractivity (Wildman–Crippen MR) is 114 cm³/mol. The summed E-state index contributed by atoms with van der Waals surface area (Å²) in [6, 6.07) is 5.15. The number of β-amino-alcohol motifs (C(OH)–C–C–N with tert-alkyl or cyclic N) is 1. The lowest BCUT2D eigenvalue weighted by atomic mass is 10.1. The van der Waals surface area contributed by atoms with E-state index in [2.05, 4.69) is 20.1 Å². The quantitative estimate of drug-likeness (QED) is 0.606. The molecule has 1 unspecified atom stereocenters. The van der Waals surface area contributed by atoms with Crippen LogP contribution in [0.25, 0.3) is 0 Å². The summed E-state index contributed by atoms with van der Waals surface area (Å²) in [5, 5.41) is 17.0. The Balaban J connectivity index is 1.38. The molecule has 4 rings (SSSR count). The molecule has 33 heavy (non-hydrogen) atoms. The normalized spacial score (nSPS) is 22.7. The molecule has 3 heterocycles. The maximum absolute atomic E-state index is 13.2. The Bertz CT molecular complexity index is 1050. The van der Waals surface area contributed by atoms with Crippen molar-refractivity contribution in [2.24, 2.45) is 0 Å². The van der Waals surface area contributed by atoms with E-state index >= 15 is 0 Å². The number of aromatic nitrogens is 3. The first-order chi connectivity index (χ1) is 15.7. The summed E-state index contributed by atoms with van der Waals surface area (Å²) < 4.78 is 67.8. The summed E-state index contributed by atoms with van der Waals surface area (Å²) in [7, 11) is -3.47. The maximum Gasteiger partial charge on any atom is 0.416 e. The van der Waals surface area contributed by atoms with Gasteiger partial charge in [-0.2, -0.15) is 17.5 Å². The van der Waals surface area contributed by atoms with E-state index in [-0.39, 0.29) is 37.1 Å². The molecule has 0 amide bonds. The molecule has 182 valence electrons. The van der Waals surface area contributed by atoms with Crippen molar-refractivity contribution in [3.8, 4) is 0 Å². The second kappa shape index (κ2) is 9.66. The number of halogens is 3. The summed E-state index contributed by atoms with van der Waals surface area (Å²) in [5.74, 6) is 0.0279. The molecule has 1 atom stereocenters. The molecule has 2 saturated heterocycles. The topological polar surface area (TPSA) is 94.8 Å². The number of sulfonamides is 1. The Morgan fingerprint density at radius 1 is 1.09 bits per heavy atom. The van der Waals surface area contributed by atoms with Gasteiger partial charge in [0.15, 0.2) is 0 Å². The number of piperazine rings is 1. The van der Waals surface area contributed by atoms with Crippen molar-refractivity contribution in [3.63, 3.8) is 0 Å². The number of hydrogen-bond acceptors (Lipinski definition) is 7. The van der Waals surface area contributed by atoms with Crippen molar-refractivity contribution in [1.82, 2.24) is 29.1 Å². The van der Waals surface area contributed by atoms with E-state index in [1.54, 1.807) is 0 Å². The fourth-order valence-corrected chi connectivity index (χ4v) is 6.15. The molecule has 2 aliphatic heterocycles. The second-order valence-electron chi connectivity index (χ2n) is 8.39. The van der Waals surface area contributed by atoms with Gasteiger partial charge in [0.1, 0.15) is 0 Å². The maximum atomic E-state index is 13.2. The fourth-order valence-electron chi connectivity index (χ4n) is 4.41. The van der Waals surface area contributed by atoms with Crippen molar-refractivity contribution in [2.45, 2.75) is 25.3 Å².